The van der Waals surface area contributed by atoms with Crippen LogP contribution in [-0.2, 0) is 9.59 Å². The SMILES string of the molecule is O=C1CCC(N2C(=O)c3ccccc3C2=O)C(=O)N1CCCCO. The fourth-order valence-electron chi connectivity index (χ4n) is 3.17. The standard InChI is InChI=1S/C17H18N2O5/c20-10-4-3-9-18-14(21)8-7-13(17(18)24)19-15(22)11-5-1-2-6-12(11)16(19)23/h1-2,5-6,13,20H,3-4,7-10H2. The van der Waals surface area contributed by atoms with E-state index >= 15 is 0 Å². The number of aliphatic hydroxyl groups excluding tert-OH is 1. The third-order valence-electron chi connectivity index (χ3n) is 4.41. The number of carbonyl (C=O) groups excluding carboxylic acids is 4. The van der Waals surface area contributed by atoms with Crippen LogP contribution in [-0.4, -0.2) is 57.7 Å². The smallest absolute Gasteiger partial charge is 0.262 e. The molecule has 0 bridgehead atoms. The van der Waals surface area contributed by atoms with E-state index in [0.717, 1.165) is 9.80 Å². The summed E-state index contributed by atoms with van der Waals surface area (Å²) in [5, 5.41) is 8.84. The lowest BCUT2D eigenvalue weighted by Gasteiger charge is -2.34. The van der Waals surface area contributed by atoms with Crippen molar-refractivity contribution in [1.29, 1.82) is 0 Å². The Labute approximate surface area is 138 Å². The predicted molar refractivity (Wildman–Crippen MR) is 83.0 cm³/mol. The molecule has 0 aromatic heterocycles. The second kappa shape index (κ2) is 6.52. The van der Waals surface area contributed by atoms with Gasteiger partial charge in [-0.2, -0.15) is 0 Å². The first-order chi connectivity index (χ1) is 11.6. The molecule has 1 N–H and O–H groups in total. The minimum absolute atomic E-state index is 0.0158. The maximum absolute atomic E-state index is 12.7. The summed E-state index contributed by atoms with van der Waals surface area (Å²) in [5.41, 5.74) is 0.582. The number of imide groups is 2. The van der Waals surface area contributed by atoms with Crippen molar-refractivity contribution in [3.05, 3.63) is 35.4 Å². The molecule has 126 valence electrons. The van der Waals surface area contributed by atoms with Crippen molar-refractivity contribution in [1.82, 2.24) is 9.80 Å². The normalized spacial score (nSPS) is 20.8. The van der Waals surface area contributed by atoms with E-state index in [2.05, 4.69) is 0 Å². The first-order valence-electron chi connectivity index (χ1n) is 7.98. The molecule has 2 aliphatic heterocycles. The predicted octanol–water partition coefficient (Wildman–Crippen LogP) is 0.573. The van der Waals surface area contributed by atoms with Gasteiger partial charge in [0.2, 0.25) is 5.91 Å². The zero-order chi connectivity index (χ0) is 17.3. The first-order valence-corrected chi connectivity index (χ1v) is 7.98. The van der Waals surface area contributed by atoms with E-state index in [0.29, 0.717) is 24.0 Å². The van der Waals surface area contributed by atoms with Gasteiger partial charge in [-0.3, -0.25) is 29.0 Å². The second-order valence-electron chi connectivity index (χ2n) is 5.89. The molecular formula is C17H18N2O5. The second-order valence-corrected chi connectivity index (χ2v) is 5.89. The molecule has 1 aromatic carbocycles. The van der Waals surface area contributed by atoms with Crippen LogP contribution in [0, 0.1) is 0 Å². The highest BCUT2D eigenvalue weighted by Crippen LogP contribution is 2.29. The average molecular weight is 330 g/mol. The Morgan fingerprint density at radius 2 is 1.62 bits per heavy atom. The molecule has 1 aromatic rings. The summed E-state index contributed by atoms with van der Waals surface area (Å²) in [4.78, 5) is 51.8. The van der Waals surface area contributed by atoms with Crippen LogP contribution >= 0.6 is 0 Å². The number of hydrogen-bond donors (Lipinski definition) is 1. The largest absolute Gasteiger partial charge is 0.396 e. The Bertz CT molecular complexity index is 680. The van der Waals surface area contributed by atoms with E-state index in [9.17, 15) is 19.2 Å². The van der Waals surface area contributed by atoms with Crippen molar-refractivity contribution < 1.29 is 24.3 Å². The number of unbranched alkanes of at least 4 members (excludes halogenated alkanes) is 1. The van der Waals surface area contributed by atoms with Crippen LogP contribution in [0.25, 0.3) is 0 Å². The maximum Gasteiger partial charge on any atom is 0.262 e. The summed E-state index contributed by atoms with van der Waals surface area (Å²) in [6, 6.07) is 5.52. The molecule has 4 amide bonds. The van der Waals surface area contributed by atoms with E-state index in [1.807, 2.05) is 0 Å². The lowest BCUT2D eigenvalue weighted by Crippen LogP contribution is -2.56. The van der Waals surface area contributed by atoms with Crippen molar-refractivity contribution >= 4 is 23.6 Å². The Balaban J connectivity index is 1.82. The van der Waals surface area contributed by atoms with Crippen LogP contribution in [0.4, 0.5) is 0 Å². The van der Waals surface area contributed by atoms with Crippen LogP contribution in [0.3, 0.4) is 0 Å². The van der Waals surface area contributed by atoms with Gasteiger partial charge in [0.25, 0.3) is 17.7 Å². The molecule has 0 saturated carbocycles. The quantitative estimate of drug-likeness (QED) is 0.629. The van der Waals surface area contributed by atoms with Crippen LogP contribution in [0.5, 0.6) is 0 Å². The van der Waals surface area contributed by atoms with Crippen LogP contribution < -0.4 is 0 Å². The number of benzene rings is 1. The van der Waals surface area contributed by atoms with E-state index in [-0.39, 0.29) is 31.9 Å². The summed E-state index contributed by atoms with van der Waals surface area (Å²) >= 11 is 0. The zero-order valence-electron chi connectivity index (χ0n) is 13.1. The van der Waals surface area contributed by atoms with E-state index in [1.54, 1.807) is 24.3 Å². The summed E-state index contributed by atoms with van der Waals surface area (Å²) in [6.07, 6.45) is 1.24. The number of piperidine rings is 1. The molecule has 0 spiro atoms. The minimum atomic E-state index is -0.941. The van der Waals surface area contributed by atoms with Crippen molar-refractivity contribution in [3.8, 4) is 0 Å². The molecule has 7 heteroatoms. The highest BCUT2D eigenvalue weighted by molar-refractivity contribution is 6.23. The number of carbonyl (C=O) groups is 4. The molecule has 7 nitrogen and oxygen atoms in total. The lowest BCUT2D eigenvalue weighted by atomic mass is 10.0. The molecule has 1 fully saturated rings. The van der Waals surface area contributed by atoms with Crippen molar-refractivity contribution in [2.24, 2.45) is 0 Å². The van der Waals surface area contributed by atoms with Gasteiger partial charge in [0.15, 0.2) is 0 Å². The van der Waals surface area contributed by atoms with Gasteiger partial charge in [0, 0.05) is 19.6 Å². The number of rotatable bonds is 5. The van der Waals surface area contributed by atoms with Crippen LogP contribution in [0.15, 0.2) is 24.3 Å². The van der Waals surface area contributed by atoms with E-state index < -0.39 is 23.8 Å². The average Bonchev–Trinajstić information content (AvgIpc) is 2.83. The Hall–Kier alpha value is -2.54. The van der Waals surface area contributed by atoms with Gasteiger partial charge in [-0.15, -0.1) is 0 Å². The third-order valence-corrected chi connectivity index (χ3v) is 4.41. The molecular weight excluding hydrogens is 312 g/mol. The van der Waals surface area contributed by atoms with Gasteiger partial charge in [-0.05, 0) is 31.4 Å². The Morgan fingerprint density at radius 1 is 1.00 bits per heavy atom. The third kappa shape index (κ3) is 2.60. The number of aliphatic hydroxyl groups is 1. The van der Waals surface area contributed by atoms with Gasteiger partial charge in [0.05, 0.1) is 11.1 Å². The monoisotopic (exact) mass is 330 g/mol. The van der Waals surface area contributed by atoms with Crippen molar-refractivity contribution in [2.75, 3.05) is 13.2 Å². The number of likely N-dealkylation sites (tertiary alicyclic amines) is 1. The van der Waals surface area contributed by atoms with Crippen LogP contribution in [0.1, 0.15) is 46.4 Å². The van der Waals surface area contributed by atoms with Crippen molar-refractivity contribution in [3.63, 3.8) is 0 Å². The number of hydrogen-bond acceptors (Lipinski definition) is 5. The Morgan fingerprint density at radius 3 is 2.21 bits per heavy atom. The molecule has 2 aliphatic rings. The molecule has 1 atom stereocenters. The molecule has 1 unspecified atom stereocenters. The molecule has 0 aliphatic carbocycles. The molecule has 24 heavy (non-hydrogen) atoms. The summed E-state index contributed by atoms with van der Waals surface area (Å²) in [7, 11) is 0. The van der Waals surface area contributed by atoms with Gasteiger partial charge in [-0.25, -0.2) is 0 Å². The number of nitrogens with zero attached hydrogens (tertiary/aromatic N) is 2. The molecule has 0 radical (unpaired) electrons. The summed E-state index contributed by atoms with van der Waals surface area (Å²) < 4.78 is 0. The number of amides is 4. The maximum atomic E-state index is 12.7. The lowest BCUT2D eigenvalue weighted by molar-refractivity contribution is -0.151. The fraction of sp³-hybridized carbons (Fsp3) is 0.412. The molecule has 2 heterocycles. The highest BCUT2D eigenvalue weighted by atomic mass is 16.3. The number of fused-ring (bicyclic) bond motifs is 1. The first kappa shape index (κ1) is 16.3. The van der Waals surface area contributed by atoms with Gasteiger partial charge in [0.1, 0.15) is 6.04 Å². The highest BCUT2D eigenvalue weighted by Gasteiger charge is 2.46. The van der Waals surface area contributed by atoms with Crippen molar-refractivity contribution in [2.45, 2.75) is 31.7 Å². The van der Waals surface area contributed by atoms with E-state index in [4.69, 9.17) is 5.11 Å². The summed E-state index contributed by atoms with van der Waals surface area (Å²) in [6.45, 7) is 0.177. The topological polar surface area (TPSA) is 95.0 Å². The van der Waals surface area contributed by atoms with Gasteiger partial charge >= 0.3 is 0 Å². The Kier molecular flexibility index (Phi) is 4.44. The molecule has 3 rings (SSSR count). The zero-order valence-corrected chi connectivity index (χ0v) is 13.1. The minimum Gasteiger partial charge on any atom is -0.396 e. The fourth-order valence-corrected chi connectivity index (χ4v) is 3.17. The van der Waals surface area contributed by atoms with E-state index in [1.165, 1.54) is 0 Å². The van der Waals surface area contributed by atoms with Gasteiger partial charge in [-0.1, -0.05) is 12.1 Å². The van der Waals surface area contributed by atoms with Gasteiger partial charge < -0.3 is 5.11 Å². The van der Waals surface area contributed by atoms with Crippen LogP contribution in [0.2, 0.25) is 0 Å². The summed E-state index contributed by atoms with van der Waals surface area (Å²) in [5.74, 6) is -1.79. The molecule has 1 saturated heterocycles.